The van der Waals surface area contributed by atoms with Crippen molar-refractivity contribution in [1.29, 1.82) is 0 Å². The number of anilines is 2. The van der Waals surface area contributed by atoms with Gasteiger partial charge in [-0.3, -0.25) is 14.2 Å². The normalized spacial score (nSPS) is 10.4. The summed E-state index contributed by atoms with van der Waals surface area (Å²) in [6.07, 6.45) is 1.67. The van der Waals surface area contributed by atoms with Crippen LogP contribution in [0.3, 0.4) is 0 Å². The quantitative estimate of drug-likeness (QED) is 0.313. The summed E-state index contributed by atoms with van der Waals surface area (Å²) in [5.41, 5.74) is 0.951. The first-order chi connectivity index (χ1) is 16.4. The van der Waals surface area contributed by atoms with Crippen LogP contribution in [0, 0.1) is 5.82 Å². The van der Waals surface area contributed by atoms with E-state index in [1.807, 2.05) is 0 Å². The molecule has 0 aliphatic rings. The van der Waals surface area contributed by atoms with Crippen LogP contribution in [0.15, 0.2) is 60.3 Å². The summed E-state index contributed by atoms with van der Waals surface area (Å²) in [6.45, 7) is 5.53. The van der Waals surface area contributed by atoms with Gasteiger partial charge in [-0.1, -0.05) is 30.0 Å². The van der Waals surface area contributed by atoms with Gasteiger partial charge in [-0.2, -0.15) is 0 Å². The zero-order valence-electron chi connectivity index (χ0n) is 18.7. The molecule has 0 aliphatic heterocycles. The predicted octanol–water partition coefficient (Wildman–Crippen LogP) is 3.88. The van der Waals surface area contributed by atoms with E-state index in [-0.39, 0.29) is 29.9 Å². The zero-order chi connectivity index (χ0) is 24.5. The summed E-state index contributed by atoms with van der Waals surface area (Å²) in [6, 6.07) is 11.0. The van der Waals surface area contributed by atoms with E-state index in [1.54, 1.807) is 41.0 Å². The molecule has 2 N–H and O–H groups in total. The van der Waals surface area contributed by atoms with Crippen LogP contribution in [0.4, 0.5) is 15.8 Å². The molecule has 0 spiro atoms. The topological polar surface area (TPSA) is 107 Å². The summed E-state index contributed by atoms with van der Waals surface area (Å²) in [7, 11) is 1.49. The van der Waals surface area contributed by atoms with Gasteiger partial charge in [-0.05, 0) is 30.3 Å². The van der Waals surface area contributed by atoms with E-state index in [9.17, 15) is 14.0 Å². The first kappa shape index (κ1) is 24.8. The Hall–Kier alpha value is -3.86. The number of amides is 2. The Bertz CT molecular complexity index is 1180. The maximum atomic E-state index is 13.8. The highest BCUT2D eigenvalue weighted by Gasteiger charge is 2.16. The van der Waals surface area contributed by atoms with E-state index < -0.39 is 5.82 Å². The van der Waals surface area contributed by atoms with Gasteiger partial charge < -0.3 is 20.1 Å². The number of hydrogen-bond donors (Lipinski definition) is 2. The van der Waals surface area contributed by atoms with Crippen LogP contribution in [0.1, 0.15) is 12.7 Å². The van der Waals surface area contributed by atoms with Gasteiger partial charge in [0.1, 0.15) is 12.4 Å². The van der Waals surface area contributed by atoms with Gasteiger partial charge in [0, 0.05) is 19.2 Å². The minimum absolute atomic E-state index is 0.00166. The third kappa shape index (κ3) is 6.58. The Kier molecular flexibility index (Phi) is 8.63. The van der Waals surface area contributed by atoms with Crippen molar-refractivity contribution in [2.45, 2.75) is 25.2 Å². The molecule has 34 heavy (non-hydrogen) atoms. The van der Waals surface area contributed by atoms with E-state index in [1.165, 1.54) is 37.9 Å². The molecule has 0 radical (unpaired) electrons. The average Bonchev–Trinajstić information content (AvgIpc) is 3.19. The molecule has 3 rings (SSSR count). The van der Waals surface area contributed by atoms with Gasteiger partial charge in [0.25, 0.3) is 0 Å². The lowest BCUT2D eigenvalue weighted by atomic mass is 10.2. The fourth-order valence-electron chi connectivity index (χ4n) is 2.95. The van der Waals surface area contributed by atoms with Crippen LogP contribution in [0.25, 0.3) is 0 Å². The Labute approximate surface area is 200 Å². The number of carbonyl (C=O) groups is 2. The zero-order valence-corrected chi connectivity index (χ0v) is 19.5. The number of para-hydroxylation sites is 1. The van der Waals surface area contributed by atoms with Crippen molar-refractivity contribution in [3.05, 3.63) is 66.8 Å². The number of carbonyl (C=O) groups excluding carboxylic acids is 2. The fourth-order valence-corrected chi connectivity index (χ4v) is 3.72. The highest BCUT2D eigenvalue weighted by Crippen LogP contribution is 2.28. The number of nitrogens with zero attached hydrogens (tertiary/aromatic N) is 3. The van der Waals surface area contributed by atoms with Crippen molar-refractivity contribution in [1.82, 2.24) is 14.8 Å². The lowest BCUT2D eigenvalue weighted by Crippen LogP contribution is -2.16. The van der Waals surface area contributed by atoms with Crippen molar-refractivity contribution in [2.24, 2.45) is 0 Å². The summed E-state index contributed by atoms with van der Waals surface area (Å²) < 4.78 is 26.4. The number of aromatic nitrogens is 3. The summed E-state index contributed by atoms with van der Waals surface area (Å²) in [5, 5.41) is 14.2. The molecule has 0 aliphatic carbocycles. The second kappa shape index (κ2) is 11.8. The molecule has 0 bridgehead atoms. The third-order valence-electron chi connectivity index (χ3n) is 4.42. The molecule has 1 aromatic heterocycles. The third-order valence-corrected chi connectivity index (χ3v) is 5.39. The van der Waals surface area contributed by atoms with Crippen molar-refractivity contribution >= 4 is 35.0 Å². The molecule has 9 nitrogen and oxygen atoms in total. The lowest BCUT2D eigenvalue weighted by Gasteiger charge is -2.12. The van der Waals surface area contributed by atoms with E-state index >= 15 is 0 Å². The molecule has 0 atom stereocenters. The van der Waals surface area contributed by atoms with Gasteiger partial charge in [0.2, 0.25) is 11.8 Å². The standard InChI is InChI=1S/C23H24FN5O4S/c1-4-11-29-21(13-33-19-8-6-5-7-17(19)24)27-28-23(29)34-14-22(31)26-18-12-16(25-15(2)30)9-10-20(18)32-3/h4-10,12H,1,11,13-14H2,2-3H3,(H,25,30)(H,26,31). The second-order valence-corrected chi connectivity index (χ2v) is 7.89. The molecule has 0 saturated carbocycles. The molecule has 11 heteroatoms. The molecular formula is C23H24FN5O4S. The molecule has 178 valence electrons. The molecule has 3 aromatic rings. The number of benzene rings is 2. The van der Waals surface area contributed by atoms with Gasteiger partial charge in [-0.25, -0.2) is 4.39 Å². The Morgan fingerprint density at radius 2 is 1.97 bits per heavy atom. The highest BCUT2D eigenvalue weighted by molar-refractivity contribution is 7.99. The number of halogens is 1. The van der Waals surface area contributed by atoms with Gasteiger partial charge >= 0.3 is 0 Å². The molecule has 2 aromatic carbocycles. The van der Waals surface area contributed by atoms with E-state index in [0.717, 1.165) is 0 Å². The summed E-state index contributed by atoms with van der Waals surface area (Å²) >= 11 is 1.18. The van der Waals surface area contributed by atoms with E-state index in [2.05, 4.69) is 27.4 Å². The van der Waals surface area contributed by atoms with Crippen LogP contribution in [0.5, 0.6) is 11.5 Å². The molecule has 0 saturated heterocycles. The van der Waals surface area contributed by atoms with Crippen molar-refractivity contribution in [3.8, 4) is 11.5 Å². The highest BCUT2D eigenvalue weighted by atomic mass is 32.2. The van der Waals surface area contributed by atoms with E-state index in [4.69, 9.17) is 9.47 Å². The summed E-state index contributed by atoms with van der Waals surface area (Å²) in [4.78, 5) is 23.9. The minimum atomic E-state index is -0.471. The number of methoxy groups -OCH3 is 1. The maximum Gasteiger partial charge on any atom is 0.234 e. The van der Waals surface area contributed by atoms with Gasteiger partial charge in [-0.15, -0.1) is 16.8 Å². The van der Waals surface area contributed by atoms with Gasteiger partial charge in [0.05, 0.1) is 18.6 Å². The lowest BCUT2D eigenvalue weighted by molar-refractivity contribution is -0.114. The Morgan fingerprint density at radius 3 is 2.68 bits per heavy atom. The van der Waals surface area contributed by atoms with Crippen LogP contribution < -0.4 is 20.1 Å². The molecule has 2 amide bonds. The van der Waals surface area contributed by atoms with Crippen molar-refractivity contribution in [3.63, 3.8) is 0 Å². The van der Waals surface area contributed by atoms with E-state index in [0.29, 0.717) is 34.6 Å². The molecule has 0 unspecified atom stereocenters. The van der Waals surface area contributed by atoms with Crippen molar-refractivity contribution < 1.29 is 23.5 Å². The molecule has 0 fully saturated rings. The first-order valence-electron chi connectivity index (χ1n) is 10.2. The number of ether oxygens (including phenoxy) is 2. The van der Waals surface area contributed by atoms with Crippen molar-refractivity contribution in [2.75, 3.05) is 23.5 Å². The number of allylic oxidation sites excluding steroid dienone is 1. The number of thioether (sulfide) groups is 1. The largest absolute Gasteiger partial charge is 0.495 e. The average molecular weight is 486 g/mol. The monoisotopic (exact) mass is 485 g/mol. The van der Waals surface area contributed by atoms with Crippen LogP contribution in [-0.4, -0.2) is 39.4 Å². The predicted molar refractivity (Wildman–Crippen MR) is 128 cm³/mol. The fraction of sp³-hybridized carbons (Fsp3) is 0.217. The Morgan fingerprint density at radius 1 is 1.18 bits per heavy atom. The second-order valence-electron chi connectivity index (χ2n) is 6.95. The smallest absolute Gasteiger partial charge is 0.234 e. The Balaban J connectivity index is 1.66. The maximum absolute atomic E-state index is 13.8. The number of rotatable bonds is 11. The number of hydrogen-bond acceptors (Lipinski definition) is 7. The first-order valence-corrected chi connectivity index (χ1v) is 11.2. The van der Waals surface area contributed by atoms with Crippen LogP contribution in [0.2, 0.25) is 0 Å². The molecule has 1 heterocycles. The van der Waals surface area contributed by atoms with Gasteiger partial charge in [0.15, 0.2) is 22.5 Å². The summed E-state index contributed by atoms with van der Waals surface area (Å²) in [5.74, 6) is 0.0681. The van der Waals surface area contributed by atoms with Crippen LogP contribution in [-0.2, 0) is 22.7 Å². The minimum Gasteiger partial charge on any atom is -0.495 e. The van der Waals surface area contributed by atoms with Crippen LogP contribution >= 0.6 is 11.8 Å². The SMILES string of the molecule is C=CCn1c(COc2ccccc2F)nnc1SCC(=O)Nc1cc(NC(C)=O)ccc1OC. The molecular weight excluding hydrogens is 461 g/mol. The number of nitrogens with one attached hydrogen (secondary N) is 2.